The van der Waals surface area contributed by atoms with Gasteiger partial charge in [-0.1, -0.05) is 12.1 Å². The molecule has 2 fully saturated rings. The molecule has 1 aromatic heterocycles. The maximum absolute atomic E-state index is 13.9. The van der Waals surface area contributed by atoms with Gasteiger partial charge in [0, 0.05) is 37.8 Å². The molecule has 1 aliphatic carbocycles. The third kappa shape index (κ3) is 3.61. The van der Waals surface area contributed by atoms with Gasteiger partial charge in [0.2, 0.25) is 0 Å². The number of benzene rings is 1. The van der Waals surface area contributed by atoms with E-state index in [0.717, 1.165) is 17.8 Å². The fraction of sp³-hybridized carbons (Fsp3) is 0.444. The monoisotopic (exact) mass is 360 g/mol. The predicted octanol–water partition coefficient (Wildman–Crippen LogP) is 3.27. The van der Waals surface area contributed by atoms with Crippen LogP contribution in [-0.4, -0.2) is 42.1 Å². The van der Waals surface area contributed by atoms with Crippen LogP contribution < -0.4 is 10.2 Å². The smallest absolute Gasteiger partial charge is 0.318 e. The van der Waals surface area contributed by atoms with E-state index in [2.05, 4.69) is 10.3 Å². The molecule has 0 spiro atoms. The summed E-state index contributed by atoms with van der Waals surface area (Å²) in [5, 5.41) is 6.09. The number of para-hydroxylation sites is 1. The Labute approximate surface area is 150 Å². The zero-order chi connectivity index (χ0) is 17.2. The van der Waals surface area contributed by atoms with E-state index < -0.39 is 0 Å². The normalized spacial score (nSPS) is 18.9. The third-order valence-electron chi connectivity index (χ3n) is 4.85. The van der Waals surface area contributed by atoms with Gasteiger partial charge in [-0.25, -0.2) is 14.2 Å². The van der Waals surface area contributed by atoms with Crippen LogP contribution in [0.4, 0.5) is 14.9 Å². The van der Waals surface area contributed by atoms with Gasteiger partial charge in [-0.2, -0.15) is 0 Å². The van der Waals surface area contributed by atoms with Gasteiger partial charge in [-0.05, 0) is 30.9 Å². The number of urea groups is 1. The van der Waals surface area contributed by atoms with Crippen molar-refractivity contribution in [2.75, 3.05) is 31.1 Å². The molecule has 5 nitrogen and oxygen atoms in total. The molecule has 25 heavy (non-hydrogen) atoms. The standard InChI is InChI=1S/C18H21FN4OS/c19-14-3-1-2-4-15(14)22-8-10-23(11-9-22)18(24)21-16(13-5-6-13)17-20-7-12-25-17/h1-4,7,12-13,16H,5-6,8-11H2,(H,21,24). The maximum Gasteiger partial charge on any atom is 0.318 e. The van der Waals surface area contributed by atoms with Gasteiger partial charge in [0.1, 0.15) is 10.8 Å². The molecule has 2 aliphatic rings. The summed E-state index contributed by atoms with van der Waals surface area (Å²) < 4.78 is 13.9. The van der Waals surface area contributed by atoms with E-state index in [1.165, 1.54) is 6.07 Å². The largest absolute Gasteiger partial charge is 0.366 e. The van der Waals surface area contributed by atoms with Gasteiger partial charge in [-0.15, -0.1) is 11.3 Å². The number of carbonyl (C=O) groups excluding carboxylic acids is 1. The number of nitrogens with zero attached hydrogens (tertiary/aromatic N) is 3. The Balaban J connectivity index is 1.36. The van der Waals surface area contributed by atoms with Crippen molar-refractivity contribution in [2.45, 2.75) is 18.9 Å². The van der Waals surface area contributed by atoms with Crippen LogP contribution in [0, 0.1) is 11.7 Å². The molecular formula is C18H21FN4OS. The Hall–Kier alpha value is -2.15. The number of hydrogen-bond acceptors (Lipinski definition) is 4. The minimum absolute atomic E-state index is 0.0251. The molecule has 1 aromatic carbocycles. The number of piperazine rings is 1. The first kappa shape index (κ1) is 16.3. The number of thiazole rings is 1. The fourth-order valence-electron chi connectivity index (χ4n) is 3.28. The van der Waals surface area contributed by atoms with Crippen LogP contribution in [0.3, 0.4) is 0 Å². The number of rotatable bonds is 4. The number of carbonyl (C=O) groups is 1. The number of anilines is 1. The quantitative estimate of drug-likeness (QED) is 0.910. The van der Waals surface area contributed by atoms with Crippen LogP contribution in [0.5, 0.6) is 0 Å². The number of amides is 2. The number of hydrogen-bond donors (Lipinski definition) is 1. The van der Waals surface area contributed by atoms with Crippen molar-refractivity contribution >= 4 is 23.1 Å². The molecule has 1 atom stereocenters. The molecule has 2 heterocycles. The second-order valence-corrected chi connectivity index (χ2v) is 7.49. The van der Waals surface area contributed by atoms with Crippen molar-refractivity contribution in [3.8, 4) is 0 Å². The third-order valence-corrected chi connectivity index (χ3v) is 5.71. The van der Waals surface area contributed by atoms with E-state index in [4.69, 9.17) is 0 Å². The molecule has 132 valence electrons. The summed E-state index contributed by atoms with van der Waals surface area (Å²) in [4.78, 5) is 20.8. The Kier molecular flexibility index (Phi) is 4.57. The molecule has 7 heteroatoms. The molecule has 2 amide bonds. The predicted molar refractivity (Wildman–Crippen MR) is 96.3 cm³/mol. The number of halogens is 1. The molecule has 1 N–H and O–H groups in total. The van der Waals surface area contributed by atoms with Gasteiger partial charge < -0.3 is 15.1 Å². The summed E-state index contributed by atoms with van der Waals surface area (Å²) in [6.07, 6.45) is 4.08. The molecule has 1 saturated heterocycles. The maximum atomic E-state index is 13.9. The lowest BCUT2D eigenvalue weighted by Gasteiger charge is -2.36. The first-order chi connectivity index (χ1) is 12.2. The van der Waals surface area contributed by atoms with E-state index in [9.17, 15) is 9.18 Å². The zero-order valence-corrected chi connectivity index (χ0v) is 14.7. The minimum atomic E-state index is -0.210. The van der Waals surface area contributed by atoms with Crippen LogP contribution in [0.1, 0.15) is 23.9 Å². The van der Waals surface area contributed by atoms with Crippen molar-refractivity contribution in [3.63, 3.8) is 0 Å². The Morgan fingerprint density at radius 3 is 2.64 bits per heavy atom. The highest BCUT2D eigenvalue weighted by Gasteiger charge is 2.36. The summed E-state index contributed by atoms with van der Waals surface area (Å²) in [7, 11) is 0. The van der Waals surface area contributed by atoms with Gasteiger partial charge in [-0.3, -0.25) is 0 Å². The molecular weight excluding hydrogens is 339 g/mol. The van der Waals surface area contributed by atoms with E-state index in [-0.39, 0.29) is 17.9 Å². The summed E-state index contributed by atoms with van der Waals surface area (Å²) in [5.74, 6) is 0.299. The Morgan fingerprint density at radius 1 is 1.24 bits per heavy atom. The highest BCUT2D eigenvalue weighted by molar-refractivity contribution is 7.09. The van der Waals surface area contributed by atoms with Gasteiger partial charge in [0.25, 0.3) is 0 Å². The van der Waals surface area contributed by atoms with Crippen LogP contribution in [0.25, 0.3) is 0 Å². The van der Waals surface area contributed by atoms with Crippen LogP contribution in [0.2, 0.25) is 0 Å². The van der Waals surface area contributed by atoms with Crippen LogP contribution in [0.15, 0.2) is 35.8 Å². The summed E-state index contributed by atoms with van der Waals surface area (Å²) in [6.45, 7) is 2.46. The van der Waals surface area contributed by atoms with E-state index in [1.807, 2.05) is 21.2 Å². The lowest BCUT2D eigenvalue weighted by Crippen LogP contribution is -2.52. The van der Waals surface area contributed by atoms with Crippen LogP contribution in [-0.2, 0) is 0 Å². The second kappa shape index (κ2) is 7.00. The lowest BCUT2D eigenvalue weighted by molar-refractivity contribution is 0.188. The van der Waals surface area contributed by atoms with E-state index in [0.29, 0.717) is 37.8 Å². The zero-order valence-electron chi connectivity index (χ0n) is 13.9. The average Bonchev–Trinajstić information content (AvgIpc) is 3.34. The van der Waals surface area contributed by atoms with E-state index >= 15 is 0 Å². The molecule has 0 bridgehead atoms. The highest BCUT2D eigenvalue weighted by Crippen LogP contribution is 2.41. The Morgan fingerprint density at radius 2 is 2.00 bits per heavy atom. The molecule has 0 radical (unpaired) electrons. The minimum Gasteiger partial charge on any atom is -0.366 e. The van der Waals surface area contributed by atoms with Gasteiger partial charge in [0.15, 0.2) is 0 Å². The average molecular weight is 360 g/mol. The molecule has 1 aliphatic heterocycles. The summed E-state index contributed by atoms with van der Waals surface area (Å²) >= 11 is 1.59. The van der Waals surface area contributed by atoms with Crippen molar-refractivity contribution < 1.29 is 9.18 Å². The number of aromatic nitrogens is 1. The Bertz CT molecular complexity index is 726. The topological polar surface area (TPSA) is 48.5 Å². The fourth-order valence-corrected chi connectivity index (χ4v) is 4.06. The SMILES string of the molecule is O=C(NC(c1nccs1)C1CC1)N1CCN(c2ccccc2F)CC1. The molecule has 4 rings (SSSR count). The molecule has 1 unspecified atom stereocenters. The van der Waals surface area contributed by atoms with Gasteiger partial charge in [0.05, 0.1) is 11.7 Å². The van der Waals surface area contributed by atoms with Crippen LogP contribution >= 0.6 is 11.3 Å². The summed E-state index contributed by atoms with van der Waals surface area (Å²) in [6, 6.07) is 6.78. The summed E-state index contributed by atoms with van der Waals surface area (Å²) in [5.41, 5.74) is 0.612. The highest BCUT2D eigenvalue weighted by atomic mass is 32.1. The first-order valence-corrected chi connectivity index (χ1v) is 9.54. The first-order valence-electron chi connectivity index (χ1n) is 8.66. The molecule has 1 saturated carbocycles. The van der Waals surface area contributed by atoms with Crippen molar-refractivity contribution in [1.29, 1.82) is 0 Å². The lowest BCUT2D eigenvalue weighted by atomic mass is 10.2. The van der Waals surface area contributed by atoms with Crippen molar-refractivity contribution in [2.24, 2.45) is 5.92 Å². The van der Waals surface area contributed by atoms with E-state index in [1.54, 1.807) is 29.7 Å². The second-order valence-electron chi connectivity index (χ2n) is 6.56. The molecule has 2 aromatic rings. The van der Waals surface area contributed by atoms with Gasteiger partial charge >= 0.3 is 6.03 Å². The number of nitrogens with one attached hydrogen (secondary N) is 1. The van der Waals surface area contributed by atoms with Crippen molar-refractivity contribution in [3.05, 3.63) is 46.7 Å². The van der Waals surface area contributed by atoms with Crippen molar-refractivity contribution in [1.82, 2.24) is 15.2 Å².